The summed E-state index contributed by atoms with van der Waals surface area (Å²) in [7, 11) is 0. The second-order valence-corrected chi connectivity index (χ2v) is 9.25. The Balaban J connectivity index is 4.77. The van der Waals surface area contributed by atoms with Crippen molar-refractivity contribution >= 4 is 5.97 Å². The number of allylic oxidation sites excluding steroid dienone is 2. The maximum Gasteiger partial charge on any atom is 0.310 e. The van der Waals surface area contributed by atoms with Crippen molar-refractivity contribution in [3.63, 3.8) is 0 Å². The van der Waals surface area contributed by atoms with Gasteiger partial charge >= 0.3 is 5.97 Å². The van der Waals surface area contributed by atoms with Gasteiger partial charge in [-0.1, -0.05) is 77.9 Å². The van der Waals surface area contributed by atoms with Crippen LogP contribution >= 0.6 is 0 Å². The second-order valence-electron chi connectivity index (χ2n) is 9.25. The fourth-order valence-corrected chi connectivity index (χ4v) is 4.16. The first kappa shape index (κ1) is 25.9. The van der Waals surface area contributed by atoms with Crippen LogP contribution in [0.25, 0.3) is 0 Å². The van der Waals surface area contributed by atoms with Gasteiger partial charge in [0.15, 0.2) is 0 Å². The third kappa shape index (κ3) is 10.7. The number of unbranched alkanes of at least 4 members (excludes halogenated alkanes) is 7. The van der Waals surface area contributed by atoms with E-state index in [9.17, 15) is 9.90 Å². The molecule has 0 saturated heterocycles. The monoisotopic (exact) mass is 380 g/mol. The van der Waals surface area contributed by atoms with Crippen molar-refractivity contribution in [3.8, 4) is 0 Å². The highest BCUT2D eigenvalue weighted by molar-refractivity contribution is 5.75. The van der Waals surface area contributed by atoms with Gasteiger partial charge in [0.1, 0.15) is 0 Å². The van der Waals surface area contributed by atoms with Gasteiger partial charge in [0, 0.05) is 6.61 Å². The fraction of sp³-hybridized carbons (Fsp3) is 0.792. The predicted molar refractivity (Wildman–Crippen MR) is 116 cm³/mol. The van der Waals surface area contributed by atoms with Crippen molar-refractivity contribution in [2.24, 2.45) is 16.7 Å². The molecule has 0 aromatic rings. The molecular formula is C24H44O3. The molecule has 0 aliphatic carbocycles. The summed E-state index contributed by atoms with van der Waals surface area (Å²) in [5, 5.41) is 18.9. The van der Waals surface area contributed by atoms with Crippen LogP contribution in [-0.4, -0.2) is 22.8 Å². The minimum Gasteiger partial charge on any atom is -0.481 e. The minimum atomic E-state index is -0.777. The molecule has 158 valence electrons. The van der Waals surface area contributed by atoms with Gasteiger partial charge in [0.2, 0.25) is 0 Å². The molecule has 0 aliphatic rings. The second kappa shape index (κ2) is 14.0. The van der Waals surface area contributed by atoms with Gasteiger partial charge in [-0.15, -0.1) is 13.2 Å². The average Bonchev–Trinajstić information content (AvgIpc) is 2.57. The number of carboxylic acid groups (broad SMARTS) is 1. The van der Waals surface area contributed by atoms with Crippen LogP contribution in [0.2, 0.25) is 0 Å². The molecule has 0 radical (unpaired) electrons. The van der Waals surface area contributed by atoms with E-state index >= 15 is 0 Å². The number of aliphatic hydroxyl groups excluding tert-OH is 1. The molecule has 0 saturated carbocycles. The van der Waals surface area contributed by atoms with Crippen molar-refractivity contribution in [1.82, 2.24) is 0 Å². The van der Waals surface area contributed by atoms with Crippen LogP contribution in [0.3, 0.4) is 0 Å². The highest BCUT2D eigenvalue weighted by Gasteiger charge is 2.44. The van der Waals surface area contributed by atoms with Crippen LogP contribution < -0.4 is 0 Å². The maximum absolute atomic E-state index is 12.3. The summed E-state index contributed by atoms with van der Waals surface area (Å²) in [5.74, 6) is -0.573. The largest absolute Gasteiger partial charge is 0.481 e. The number of aliphatic carboxylic acids is 1. The molecule has 0 spiro atoms. The van der Waals surface area contributed by atoms with E-state index in [0.717, 1.165) is 32.1 Å². The van der Waals surface area contributed by atoms with Crippen LogP contribution in [0, 0.1) is 16.7 Å². The predicted octanol–water partition coefficient (Wildman–Crippen LogP) is 6.77. The molecule has 3 heteroatoms. The zero-order valence-electron chi connectivity index (χ0n) is 18.1. The van der Waals surface area contributed by atoms with Crippen molar-refractivity contribution < 1.29 is 15.0 Å². The fourth-order valence-electron chi connectivity index (χ4n) is 4.16. The van der Waals surface area contributed by atoms with E-state index in [2.05, 4.69) is 33.9 Å². The first-order valence-electron chi connectivity index (χ1n) is 10.8. The molecule has 2 N–H and O–H groups in total. The maximum atomic E-state index is 12.3. The number of aliphatic hydroxyl groups is 1. The van der Waals surface area contributed by atoms with E-state index in [1.807, 2.05) is 0 Å². The first-order chi connectivity index (χ1) is 12.7. The van der Waals surface area contributed by atoms with Crippen LogP contribution in [0.5, 0.6) is 0 Å². The van der Waals surface area contributed by atoms with E-state index < -0.39 is 11.4 Å². The highest BCUT2D eigenvalue weighted by Crippen LogP contribution is 2.45. The summed E-state index contributed by atoms with van der Waals surface area (Å²) < 4.78 is 0. The lowest BCUT2D eigenvalue weighted by Gasteiger charge is -2.39. The van der Waals surface area contributed by atoms with E-state index in [4.69, 9.17) is 5.11 Å². The average molecular weight is 381 g/mol. The van der Waals surface area contributed by atoms with Gasteiger partial charge in [-0.25, -0.2) is 0 Å². The van der Waals surface area contributed by atoms with Gasteiger partial charge in [0.05, 0.1) is 5.41 Å². The van der Waals surface area contributed by atoms with Gasteiger partial charge < -0.3 is 10.2 Å². The van der Waals surface area contributed by atoms with Crippen LogP contribution in [0.15, 0.2) is 25.3 Å². The molecule has 0 amide bonds. The van der Waals surface area contributed by atoms with Crippen molar-refractivity contribution in [2.75, 3.05) is 6.61 Å². The van der Waals surface area contributed by atoms with Crippen molar-refractivity contribution in [1.29, 1.82) is 0 Å². The number of carboxylic acids is 1. The normalized spacial score (nSPS) is 13.3. The zero-order chi connectivity index (χ0) is 20.8. The molecule has 1 atom stereocenters. The molecule has 3 nitrogen and oxygen atoms in total. The smallest absolute Gasteiger partial charge is 0.310 e. The quantitative estimate of drug-likeness (QED) is 0.216. The Morgan fingerprint density at radius 2 is 1.33 bits per heavy atom. The molecule has 0 rings (SSSR count). The summed E-state index contributed by atoms with van der Waals surface area (Å²) in [6.45, 7) is 14.5. The SMILES string of the molecule is C=CCC(CC=C)(C(=O)O)C(CCCCCCCCCCO)CC(C)(C)C. The molecular weight excluding hydrogens is 336 g/mol. The third-order valence-corrected chi connectivity index (χ3v) is 5.54. The lowest BCUT2D eigenvalue weighted by molar-refractivity contribution is -0.153. The van der Waals surface area contributed by atoms with Gasteiger partial charge in [0.25, 0.3) is 0 Å². The van der Waals surface area contributed by atoms with Crippen molar-refractivity contribution in [2.45, 2.75) is 97.8 Å². The van der Waals surface area contributed by atoms with E-state index in [-0.39, 0.29) is 11.3 Å². The van der Waals surface area contributed by atoms with E-state index in [1.165, 1.54) is 32.1 Å². The Morgan fingerprint density at radius 3 is 1.70 bits per heavy atom. The van der Waals surface area contributed by atoms with Gasteiger partial charge in [-0.05, 0) is 43.4 Å². The summed E-state index contributed by atoms with van der Waals surface area (Å²) >= 11 is 0. The van der Waals surface area contributed by atoms with E-state index in [0.29, 0.717) is 19.4 Å². The number of hydrogen-bond acceptors (Lipinski definition) is 2. The molecule has 1 unspecified atom stereocenters. The Kier molecular flexibility index (Phi) is 13.4. The third-order valence-electron chi connectivity index (χ3n) is 5.54. The number of carbonyl (C=O) groups is 1. The molecule has 0 fully saturated rings. The molecule has 0 aromatic carbocycles. The Morgan fingerprint density at radius 1 is 0.889 bits per heavy atom. The summed E-state index contributed by atoms with van der Waals surface area (Å²) in [6.07, 6.45) is 15.6. The standard InChI is InChI=1S/C24H44O3/c1-6-17-24(18-7-2,22(26)27)21(20-23(3,4)5)16-14-12-10-8-9-11-13-15-19-25/h6-7,21,25H,1-2,8-20H2,3-5H3,(H,26,27). The van der Waals surface area contributed by atoms with Crippen LogP contribution in [0.4, 0.5) is 0 Å². The summed E-state index contributed by atoms with van der Waals surface area (Å²) in [4.78, 5) is 12.3. The molecule has 0 bridgehead atoms. The molecule has 27 heavy (non-hydrogen) atoms. The highest BCUT2D eigenvalue weighted by atomic mass is 16.4. The van der Waals surface area contributed by atoms with Gasteiger partial charge in [-0.3, -0.25) is 4.79 Å². The Labute approximate surface area is 168 Å². The Hall–Kier alpha value is -1.09. The zero-order valence-corrected chi connectivity index (χ0v) is 18.1. The molecule has 0 heterocycles. The number of rotatable bonds is 17. The topological polar surface area (TPSA) is 57.5 Å². The summed E-state index contributed by atoms with van der Waals surface area (Å²) in [5.41, 5.74) is -0.679. The van der Waals surface area contributed by atoms with Gasteiger partial charge in [-0.2, -0.15) is 0 Å². The first-order valence-corrected chi connectivity index (χ1v) is 10.8. The summed E-state index contributed by atoms with van der Waals surface area (Å²) in [6, 6.07) is 0. The molecule has 0 aliphatic heterocycles. The molecule has 0 aromatic heterocycles. The van der Waals surface area contributed by atoms with Crippen LogP contribution in [-0.2, 0) is 4.79 Å². The number of hydrogen-bond donors (Lipinski definition) is 2. The lowest BCUT2D eigenvalue weighted by Crippen LogP contribution is -2.40. The minimum absolute atomic E-state index is 0.0976. The van der Waals surface area contributed by atoms with Crippen LogP contribution in [0.1, 0.15) is 97.8 Å². The Bertz CT molecular complexity index is 410. The lowest BCUT2D eigenvalue weighted by atomic mass is 9.64. The van der Waals surface area contributed by atoms with Crippen molar-refractivity contribution in [3.05, 3.63) is 25.3 Å². The van der Waals surface area contributed by atoms with E-state index in [1.54, 1.807) is 12.2 Å².